The van der Waals surface area contributed by atoms with Crippen molar-refractivity contribution in [2.24, 2.45) is 0 Å². The molecular weight excluding hydrogens is 218 g/mol. The van der Waals surface area contributed by atoms with Gasteiger partial charge in [-0.2, -0.15) is 4.98 Å². The van der Waals surface area contributed by atoms with Gasteiger partial charge < -0.3 is 14.2 Å². The highest BCUT2D eigenvalue weighted by Crippen LogP contribution is 2.18. The molecule has 0 fully saturated rings. The van der Waals surface area contributed by atoms with E-state index in [1.54, 1.807) is 7.11 Å². The molecule has 0 amide bonds. The van der Waals surface area contributed by atoms with Gasteiger partial charge in [0.2, 0.25) is 0 Å². The van der Waals surface area contributed by atoms with Gasteiger partial charge in [-0.1, -0.05) is 18.2 Å². The average molecular weight is 233 g/mol. The second kappa shape index (κ2) is 5.45. The quantitative estimate of drug-likeness (QED) is 0.788. The maximum Gasteiger partial charge on any atom is 0.266 e. The van der Waals surface area contributed by atoms with Crippen LogP contribution in [0.2, 0.25) is 0 Å². The summed E-state index contributed by atoms with van der Waals surface area (Å²) < 4.78 is 10.2. The van der Waals surface area contributed by atoms with E-state index in [0.717, 1.165) is 12.1 Å². The van der Waals surface area contributed by atoms with Crippen molar-refractivity contribution in [3.8, 4) is 11.5 Å². The van der Waals surface area contributed by atoms with Gasteiger partial charge in [0.25, 0.3) is 11.8 Å². The smallest absolute Gasteiger partial charge is 0.266 e. The summed E-state index contributed by atoms with van der Waals surface area (Å²) in [6.07, 6.45) is 0. The number of benzene rings is 1. The molecule has 0 saturated heterocycles. The SMILES string of the molecule is COCCN(C)c1noc(-c2ccccc2)n1. The summed E-state index contributed by atoms with van der Waals surface area (Å²) >= 11 is 0. The molecule has 0 atom stereocenters. The number of hydrogen-bond acceptors (Lipinski definition) is 5. The normalized spacial score (nSPS) is 10.5. The molecule has 5 nitrogen and oxygen atoms in total. The molecule has 90 valence electrons. The summed E-state index contributed by atoms with van der Waals surface area (Å²) in [6.45, 7) is 1.36. The predicted octanol–water partition coefficient (Wildman–Crippen LogP) is 1.82. The Hall–Kier alpha value is -1.88. The van der Waals surface area contributed by atoms with Gasteiger partial charge in [-0.25, -0.2) is 0 Å². The minimum Gasteiger partial charge on any atom is -0.383 e. The molecule has 17 heavy (non-hydrogen) atoms. The summed E-state index contributed by atoms with van der Waals surface area (Å²) in [6, 6.07) is 9.70. The minimum atomic E-state index is 0.532. The van der Waals surface area contributed by atoms with E-state index in [4.69, 9.17) is 9.26 Å². The Labute approximate surface area is 100 Å². The molecule has 2 aromatic rings. The molecule has 0 N–H and O–H groups in total. The third-order valence-corrected chi connectivity index (χ3v) is 2.41. The number of hydrogen-bond donors (Lipinski definition) is 0. The van der Waals surface area contributed by atoms with Crippen molar-refractivity contribution >= 4 is 5.95 Å². The van der Waals surface area contributed by atoms with Crippen LogP contribution in [0.25, 0.3) is 11.5 Å². The first-order valence-corrected chi connectivity index (χ1v) is 5.40. The minimum absolute atomic E-state index is 0.532. The Kier molecular flexibility index (Phi) is 3.72. The number of rotatable bonds is 5. The van der Waals surface area contributed by atoms with E-state index < -0.39 is 0 Å². The van der Waals surface area contributed by atoms with Crippen LogP contribution in [-0.4, -0.2) is 37.4 Å². The van der Waals surface area contributed by atoms with Crippen molar-refractivity contribution in [2.45, 2.75) is 0 Å². The first kappa shape index (κ1) is 11.6. The van der Waals surface area contributed by atoms with Gasteiger partial charge >= 0.3 is 0 Å². The second-order valence-corrected chi connectivity index (χ2v) is 3.68. The van der Waals surface area contributed by atoms with E-state index in [1.807, 2.05) is 42.3 Å². The molecule has 0 radical (unpaired) electrons. The van der Waals surface area contributed by atoms with E-state index in [2.05, 4.69) is 10.1 Å². The Morgan fingerprint density at radius 3 is 2.76 bits per heavy atom. The van der Waals surface area contributed by atoms with E-state index in [1.165, 1.54) is 0 Å². The second-order valence-electron chi connectivity index (χ2n) is 3.68. The first-order chi connectivity index (χ1) is 8.31. The number of aromatic nitrogens is 2. The van der Waals surface area contributed by atoms with Gasteiger partial charge in [0.15, 0.2) is 0 Å². The van der Waals surface area contributed by atoms with Crippen molar-refractivity contribution in [1.29, 1.82) is 0 Å². The Balaban J connectivity index is 2.11. The lowest BCUT2D eigenvalue weighted by atomic mass is 10.2. The molecule has 0 saturated carbocycles. The van der Waals surface area contributed by atoms with E-state index >= 15 is 0 Å². The number of ether oxygens (including phenoxy) is 1. The van der Waals surface area contributed by atoms with Crippen LogP contribution in [0.15, 0.2) is 34.9 Å². The van der Waals surface area contributed by atoms with E-state index in [-0.39, 0.29) is 0 Å². The number of methoxy groups -OCH3 is 1. The van der Waals surface area contributed by atoms with Crippen molar-refractivity contribution in [1.82, 2.24) is 10.1 Å². The van der Waals surface area contributed by atoms with Crippen molar-refractivity contribution in [3.05, 3.63) is 30.3 Å². The highest BCUT2D eigenvalue weighted by Gasteiger charge is 2.11. The van der Waals surface area contributed by atoms with Gasteiger partial charge in [0.05, 0.1) is 6.61 Å². The third-order valence-electron chi connectivity index (χ3n) is 2.41. The fourth-order valence-corrected chi connectivity index (χ4v) is 1.40. The van der Waals surface area contributed by atoms with Crippen LogP contribution in [0.4, 0.5) is 5.95 Å². The summed E-state index contributed by atoms with van der Waals surface area (Å²) in [5.74, 6) is 1.10. The monoisotopic (exact) mass is 233 g/mol. The maximum absolute atomic E-state index is 5.21. The van der Waals surface area contributed by atoms with Gasteiger partial charge in [-0.05, 0) is 17.3 Å². The molecule has 1 aromatic heterocycles. The molecule has 2 rings (SSSR count). The molecule has 1 aromatic carbocycles. The van der Waals surface area contributed by atoms with E-state index in [9.17, 15) is 0 Å². The highest BCUT2D eigenvalue weighted by atomic mass is 16.5. The third kappa shape index (κ3) is 2.82. The Morgan fingerprint density at radius 2 is 2.06 bits per heavy atom. The molecule has 0 unspecified atom stereocenters. The fourth-order valence-electron chi connectivity index (χ4n) is 1.40. The van der Waals surface area contributed by atoms with Crippen LogP contribution < -0.4 is 4.90 Å². The first-order valence-electron chi connectivity index (χ1n) is 5.40. The molecule has 0 aliphatic carbocycles. The summed E-state index contributed by atoms with van der Waals surface area (Å²) in [5.41, 5.74) is 0.923. The van der Waals surface area contributed by atoms with Crippen LogP contribution in [-0.2, 0) is 4.74 Å². The molecule has 0 bridgehead atoms. The average Bonchev–Trinajstić information content (AvgIpc) is 2.86. The standard InChI is InChI=1S/C12H15N3O2/c1-15(8-9-16-2)12-13-11(17-14-12)10-6-4-3-5-7-10/h3-7H,8-9H2,1-2H3. The molecule has 0 aliphatic heterocycles. The van der Waals surface area contributed by atoms with Crippen LogP contribution >= 0.6 is 0 Å². The van der Waals surface area contributed by atoms with Gasteiger partial charge in [0, 0.05) is 26.3 Å². The molecule has 5 heteroatoms. The predicted molar refractivity (Wildman–Crippen MR) is 64.9 cm³/mol. The molecule has 1 heterocycles. The zero-order valence-electron chi connectivity index (χ0n) is 9.96. The molecule has 0 spiro atoms. The van der Waals surface area contributed by atoms with Crippen LogP contribution in [0.1, 0.15) is 0 Å². The summed E-state index contributed by atoms with van der Waals surface area (Å²) in [7, 11) is 3.57. The van der Waals surface area contributed by atoms with Crippen LogP contribution in [0.3, 0.4) is 0 Å². The van der Waals surface area contributed by atoms with Crippen molar-refractivity contribution in [3.63, 3.8) is 0 Å². The number of anilines is 1. The van der Waals surface area contributed by atoms with Crippen LogP contribution in [0.5, 0.6) is 0 Å². The highest BCUT2D eigenvalue weighted by molar-refractivity contribution is 5.53. The summed E-state index contributed by atoms with van der Waals surface area (Å²) in [5, 5.41) is 3.93. The zero-order valence-corrected chi connectivity index (χ0v) is 9.96. The lowest BCUT2D eigenvalue weighted by Gasteiger charge is -2.12. The number of nitrogens with zero attached hydrogens (tertiary/aromatic N) is 3. The maximum atomic E-state index is 5.21. The largest absolute Gasteiger partial charge is 0.383 e. The molecule has 0 aliphatic rings. The molecular formula is C12H15N3O2. The topological polar surface area (TPSA) is 51.4 Å². The lowest BCUT2D eigenvalue weighted by molar-refractivity contribution is 0.206. The van der Waals surface area contributed by atoms with Crippen LogP contribution in [0, 0.1) is 0 Å². The van der Waals surface area contributed by atoms with Gasteiger partial charge in [-0.15, -0.1) is 0 Å². The number of likely N-dealkylation sites (N-methyl/N-ethyl adjacent to an activating group) is 1. The van der Waals surface area contributed by atoms with E-state index in [0.29, 0.717) is 18.4 Å². The summed E-state index contributed by atoms with van der Waals surface area (Å²) in [4.78, 5) is 6.21. The van der Waals surface area contributed by atoms with Crippen molar-refractivity contribution < 1.29 is 9.26 Å². The van der Waals surface area contributed by atoms with Gasteiger partial charge in [-0.3, -0.25) is 0 Å². The zero-order chi connectivity index (χ0) is 12.1. The Bertz CT molecular complexity index is 456. The lowest BCUT2D eigenvalue weighted by Crippen LogP contribution is -2.23. The van der Waals surface area contributed by atoms with Gasteiger partial charge in [0.1, 0.15) is 0 Å². The van der Waals surface area contributed by atoms with Crippen molar-refractivity contribution in [2.75, 3.05) is 32.2 Å². The fraction of sp³-hybridized carbons (Fsp3) is 0.333. The Morgan fingerprint density at radius 1 is 1.29 bits per heavy atom.